The molecule has 0 aliphatic carbocycles. The number of aromatic nitrogens is 1. The summed E-state index contributed by atoms with van der Waals surface area (Å²) in [5.41, 5.74) is 14.2. The van der Waals surface area contributed by atoms with Crippen LogP contribution in [0.2, 0.25) is 0 Å². The minimum Gasteiger partial charge on any atom is -0.508 e. The van der Waals surface area contributed by atoms with Crippen LogP contribution in [0.4, 0.5) is 0 Å². The van der Waals surface area contributed by atoms with Crippen LogP contribution in [0.15, 0.2) is 85.1 Å². The van der Waals surface area contributed by atoms with Gasteiger partial charge in [0.2, 0.25) is 41.4 Å². The quantitative estimate of drug-likeness (QED) is 0.0473. The molecule has 398 valence electrons. The predicted octanol–water partition coefficient (Wildman–Crippen LogP) is 0.362. The number of rotatable bonds is 18. The molecule has 15 N–H and O–H groups in total. The molecule has 0 unspecified atom stereocenters. The number of aromatic amines is 1. The van der Waals surface area contributed by atoms with Crippen molar-refractivity contribution in [1.29, 1.82) is 0 Å². The Hall–Kier alpha value is -7.15. The molecule has 0 saturated carbocycles. The van der Waals surface area contributed by atoms with Gasteiger partial charge in [0.15, 0.2) is 0 Å². The lowest BCUT2D eigenvalue weighted by atomic mass is 10.0. The zero-order chi connectivity index (χ0) is 53.9. The van der Waals surface area contributed by atoms with Crippen molar-refractivity contribution < 1.29 is 58.5 Å². The van der Waals surface area contributed by atoms with Crippen molar-refractivity contribution in [2.75, 3.05) is 18.1 Å². The number of phenols is 1. The highest BCUT2D eigenvalue weighted by Crippen LogP contribution is 2.25. The van der Waals surface area contributed by atoms with Crippen LogP contribution in [0.1, 0.15) is 56.2 Å². The molecule has 1 aliphatic rings. The van der Waals surface area contributed by atoms with E-state index in [0.717, 1.165) is 32.5 Å². The van der Waals surface area contributed by atoms with Gasteiger partial charge in [0.1, 0.15) is 48.0 Å². The highest BCUT2D eigenvalue weighted by molar-refractivity contribution is 8.76. The van der Waals surface area contributed by atoms with E-state index in [4.69, 9.17) is 11.5 Å². The molecular weight excluding hydrogens is 997 g/mol. The fourth-order valence-corrected chi connectivity index (χ4v) is 10.2. The third kappa shape index (κ3) is 17.5. The zero-order valence-corrected chi connectivity index (χ0v) is 42.5. The largest absolute Gasteiger partial charge is 0.508 e. The molecule has 8 atom stereocenters. The van der Waals surface area contributed by atoms with E-state index in [1.807, 2.05) is 18.2 Å². The number of phenolic OH excluding ortho intramolecular Hbond substituents is 1. The maximum Gasteiger partial charge on any atom is 0.326 e. The SMILES string of the molecule is CC(C)[C@H](NC(=O)[C@@H]1CSSC[C@@H](NC(=O)[C@@H](N)CC(=O)O)C(=O)N[C@@H](Cc2ccccc2)C(=O)N[C@H](Cc2c[nH]c3ccccc23)C(=O)N[C@@H](CCCCN)C(=O)N[C@@H](Cc2ccc(O)cc2)C(=O)N1)C(=O)O. The molecule has 3 aromatic carbocycles. The molecule has 2 heterocycles. The van der Waals surface area contributed by atoms with E-state index < -0.39 is 114 Å². The molecular formula is C50H64N10O12S2. The van der Waals surface area contributed by atoms with Crippen molar-refractivity contribution in [1.82, 2.24) is 42.2 Å². The van der Waals surface area contributed by atoms with Crippen LogP contribution in [0.5, 0.6) is 5.75 Å². The molecule has 0 spiro atoms. The van der Waals surface area contributed by atoms with Gasteiger partial charge in [0.25, 0.3) is 0 Å². The number of para-hydroxylation sites is 1. The van der Waals surface area contributed by atoms with Crippen LogP contribution in [-0.4, -0.2) is 140 Å². The number of nitrogens with two attached hydrogens (primary N) is 2. The minimum absolute atomic E-state index is 0.0245. The van der Waals surface area contributed by atoms with Gasteiger partial charge in [-0.2, -0.15) is 0 Å². The zero-order valence-electron chi connectivity index (χ0n) is 40.8. The second kappa shape index (κ2) is 28.3. The number of carbonyl (C=O) groups is 9. The van der Waals surface area contributed by atoms with E-state index in [1.165, 1.54) is 24.3 Å². The van der Waals surface area contributed by atoms with Crippen LogP contribution in [-0.2, 0) is 62.4 Å². The molecule has 5 rings (SSSR count). The highest BCUT2D eigenvalue weighted by Gasteiger charge is 2.36. The Kier molecular flexibility index (Phi) is 22.1. The van der Waals surface area contributed by atoms with E-state index in [1.54, 1.807) is 56.4 Å². The first-order valence-corrected chi connectivity index (χ1v) is 26.5. The molecule has 1 aromatic heterocycles. The van der Waals surface area contributed by atoms with E-state index >= 15 is 0 Å². The Bertz CT molecular complexity index is 2600. The molecule has 22 nitrogen and oxygen atoms in total. The lowest BCUT2D eigenvalue weighted by Crippen LogP contribution is -2.61. The van der Waals surface area contributed by atoms with E-state index in [9.17, 15) is 58.5 Å². The van der Waals surface area contributed by atoms with Gasteiger partial charge in [0.05, 0.1) is 12.5 Å². The number of carboxylic acid groups (broad SMARTS) is 2. The Balaban J connectivity index is 1.62. The first-order valence-electron chi connectivity index (χ1n) is 24.0. The van der Waals surface area contributed by atoms with Gasteiger partial charge in [-0.1, -0.05) is 96.1 Å². The number of hydrogen-bond donors (Lipinski definition) is 13. The van der Waals surface area contributed by atoms with Gasteiger partial charge < -0.3 is 69.0 Å². The second-order valence-corrected chi connectivity index (χ2v) is 20.7. The number of aliphatic carboxylic acids is 2. The van der Waals surface area contributed by atoms with Gasteiger partial charge in [-0.25, -0.2) is 4.79 Å². The summed E-state index contributed by atoms with van der Waals surface area (Å²) in [7, 11) is 1.88. The third-order valence-corrected chi connectivity index (χ3v) is 14.4. The predicted molar refractivity (Wildman–Crippen MR) is 278 cm³/mol. The molecule has 24 heteroatoms. The van der Waals surface area contributed by atoms with Crippen LogP contribution in [0.3, 0.4) is 0 Å². The second-order valence-electron chi connectivity index (χ2n) is 18.1. The lowest BCUT2D eigenvalue weighted by molar-refractivity contribution is -0.143. The standard InChI is InChI=1S/C50H64N10O12S2/c1-27(2)42(50(71)72)60-49(70)40-26-74-73-25-39(58-43(64)33(52)23-41(62)63)48(69)56-36(20-28-10-4-3-5-11-28)45(66)57-38(22-30-24-53-34-13-7-6-12-32(30)34)47(68)54-35(14-8-9-19-51)44(65)55-37(46(67)59-40)21-29-15-17-31(61)18-16-29/h3-7,10-13,15-18,24,27,33,35-40,42,53,61H,8-9,14,19-23,25-26,51-52H2,1-2H3,(H,54,68)(H,55,65)(H,56,69)(H,57,66)(H,58,64)(H,59,67)(H,60,70)(H,62,63)(H,71,72)/t33-,35-,36-,37-,38+,39+,40-,42-/m0/s1. The van der Waals surface area contributed by atoms with Crippen molar-refractivity contribution in [3.8, 4) is 5.75 Å². The van der Waals surface area contributed by atoms with Gasteiger partial charge in [-0.3, -0.25) is 38.4 Å². The summed E-state index contributed by atoms with van der Waals surface area (Å²) in [6.45, 7) is 3.39. The van der Waals surface area contributed by atoms with Crippen LogP contribution >= 0.6 is 21.6 Å². The lowest BCUT2D eigenvalue weighted by Gasteiger charge is -2.29. The Morgan fingerprint density at radius 1 is 0.689 bits per heavy atom. The Morgan fingerprint density at radius 2 is 1.24 bits per heavy atom. The first kappa shape index (κ1) is 57.7. The number of unbranched alkanes of at least 4 members (excludes halogenated alkanes) is 1. The van der Waals surface area contributed by atoms with Crippen molar-refractivity contribution in [3.05, 3.63) is 102 Å². The van der Waals surface area contributed by atoms with Crippen LogP contribution in [0, 0.1) is 5.92 Å². The van der Waals surface area contributed by atoms with Crippen LogP contribution < -0.4 is 48.7 Å². The molecule has 74 heavy (non-hydrogen) atoms. The van der Waals surface area contributed by atoms with E-state index in [-0.39, 0.29) is 49.5 Å². The maximum absolute atomic E-state index is 14.8. The topological polar surface area (TPSA) is 366 Å². The molecule has 7 amide bonds. The fourth-order valence-electron chi connectivity index (χ4n) is 7.91. The number of fused-ring (bicyclic) bond motifs is 1. The average molecular weight is 1060 g/mol. The smallest absolute Gasteiger partial charge is 0.326 e. The summed E-state index contributed by atoms with van der Waals surface area (Å²) in [6, 6.07) is 10.1. The number of amides is 7. The average Bonchev–Trinajstić information content (AvgIpc) is 3.77. The van der Waals surface area contributed by atoms with E-state index in [2.05, 4.69) is 42.2 Å². The number of carboxylic acids is 2. The third-order valence-electron chi connectivity index (χ3n) is 12.0. The summed E-state index contributed by atoms with van der Waals surface area (Å²) < 4.78 is 0. The monoisotopic (exact) mass is 1060 g/mol. The molecule has 0 bridgehead atoms. The summed E-state index contributed by atoms with van der Waals surface area (Å²) >= 11 is 0. The summed E-state index contributed by atoms with van der Waals surface area (Å²) in [5.74, 6) is -10.1. The van der Waals surface area contributed by atoms with Gasteiger partial charge in [-0.05, 0) is 66.6 Å². The van der Waals surface area contributed by atoms with E-state index in [0.29, 0.717) is 29.5 Å². The van der Waals surface area contributed by atoms with Crippen LogP contribution in [0.25, 0.3) is 10.9 Å². The van der Waals surface area contributed by atoms with Crippen molar-refractivity contribution in [2.45, 2.75) is 107 Å². The fraction of sp³-hybridized carbons (Fsp3) is 0.420. The number of benzene rings is 3. The molecule has 1 saturated heterocycles. The number of aromatic hydroxyl groups is 1. The summed E-state index contributed by atoms with van der Waals surface area (Å²) in [4.78, 5) is 127. The number of H-pyrrole nitrogens is 1. The van der Waals surface area contributed by atoms with Gasteiger partial charge in [-0.15, -0.1) is 0 Å². The molecule has 1 fully saturated rings. The van der Waals surface area contributed by atoms with Crippen molar-refractivity contribution in [3.63, 3.8) is 0 Å². The maximum atomic E-state index is 14.8. The summed E-state index contributed by atoms with van der Waals surface area (Å²) in [6.07, 6.45) is 1.28. The normalized spacial score (nSPS) is 21.4. The Labute approximate surface area is 434 Å². The van der Waals surface area contributed by atoms with Crippen molar-refractivity contribution >= 4 is 85.8 Å². The Morgan fingerprint density at radius 3 is 1.86 bits per heavy atom. The number of carbonyl (C=O) groups excluding carboxylic acids is 7. The van der Waals surface area contributed by atoms with Gasteiger partial charge >= 0.3 is 11.9 Å². The van der Waals surface area contributed by atoms with Crippen molar-refractivity contribution in [2.24, 2.45) is 17.4 Å². The summed E-state index contributed by atoms with van der Waals surface area (Å²) in [5, 5.41) is 48.7. The molecule has 4 aromatic rings. The van der Waals surface area contributed by atoms with Gasteiger partial charge in [0, 0.05) is 47.9 Å². The highest BCUT2D eigenvalue weighted by atomic mass is 33.1. The molecule has 0 radical (unpaired) electrons. The number of nitrogens with one attached hydrogen (secondary N) is 8. The number of hydrogen-bond acceptors (Lipinski definition) is 14. The first-order chi connectivity index (χ1) is 35.3. The molecule has 1 aliphatic heterocycles. The minimum atomic E-state index is -1.59.